The molecule has 0 amide bonds. The lowest BCUT2D eigenvalue weighted by Crippen LogP contribution is -2.30. The standard InChI is InChI=1S/C77H132O6/c1-4-7-10-13-16-19-22-25-28-31-34-36-37-38-39-41-43-46-49-52-55-58-61-64-67-70-76(79)82-73-74(72-81-75(78)69-66-63-60-57-54-51-48-45-42-33-30-27-24-21-18-15-12-9-6-3)83-77(80)71-68-65-62-59-56-53-50-47-44-40-35-32-29-26-23-20-17-14-11-8-5-2/h9,12,18,21,23,26-27,30,32,35,42,44-45,47,51,54,60,63,74H,4-8,10-11,13-17,19-20,22,24-25,28-29,31,33-34,36-41,43,46,48-50,52-53,55-59,61-62,64-73H2,1-3H3/b12-9-,21-18-,26-23-,30-27-,35-32-,45-42-,47-44-,54-51-,63-60-. The van der Waals surface area contributed by atoms with Gasteiger partial charge >= 0.3 is 17.9 Å². The van der Waals surface area contributed by atoms with Crippen molar-refractivity contribution in [2.75, 3.05) is 13.2 Å². The van der Waals surface area contributed by atoms with Crippen molar-refractivity contribution in [3.05, 3.63) is 109 Å². The number of hydrogen-bond acceptors (Lipinski definition) is 6. The van der Waals surface area contributed by atoms with Crippen LogP contribution >= 0.6 is 0 Å². The van der Waals surface area contributed by atoms with E-state index in [0.717, 1.165) is 103 Å². The van der Waals surface area contributed by atoms with Gasteiger partial charge in [-0.25, -0.2) is 0 Å². The molecule has 0 aromatic rings. The van der Waals surface area contributed by atoms with Crippen LogP contribution in [0.1, 0.15) is 342 Å². The first-order valence-electron chi connectivity index (χ1n) is 35.4. The molecule has 476 valence electrons. The van der Waals surface area contributed by atoms with Gasteiger partial charge in [0.05, 0.1) is 0 Å². The summed E-state index contributed by atoms with van der Waals surface area (Å²) in [6.07, 6.45) is 97.0. The molecule has 0 bridgehead atoms. The molecule has 0 aliphatic carbocycles. The second-order valence-corrected chi connectivity index (χ2v) is 23.4. The van der Waals surface area contributed by atoms with Gasteiger partial charge in [-0.05, 0) is 96.3 Å². The van der Waals surface area contributed by atoms with Crippen LogP contribution in [-0.4, -0.2) is 37.2 Å². The monoisotopic (exact) mass is 1150 g/mol. The zero-order valence-corrected chi connectivity index (χ0v) is 54.7. The molecule has 0 saturated carbocycles. The van der Waals surface area contributed by atoms with Crippen molar-refractivity contribution in [2.24, 2.45) is 0 Å². The highest BCUT2D eigenvalue weighted by Gasteiger charge is 2.19. The Morgan fingerprint density at radius 2 is 0.494 bits per heavy atom. The third-order valence-electron chi connectivity index (χ3n) is 15.3. The lowest BCUT2D eigenvalue weighted by atomic mass is 10.0. The van der Waals surface area contributed by atoms with Crippen LogP contribution in [0.2, 0.25) is 0 Å². The van der Waals surface area contributed by atoms with Gasteiger partial charge in [0.2, 0.25) is 0 Å². The van der Waals surface area contributed by atoms with E-state index in [4.69, 9.17) is 14.2 Å². The predicted molar refractivity (Wildman–Crippen MR) is 362 cm³/mol. The van der Waals surface area contributed by atoms with Crippen LogP contribution in [0.3, 0.4) is 0 Å². The Labute approximate surface area is 514 Å². The summed E-state index contributed by atoms with van der Waals surface area (Å²) in [5.74, 6) is -0.992. The van der Waals surface area contributed by atoms with E-state index in [-0.39, 0.29) is 37.5 Å². The number of hydrogen-bond donors (Lipinski definition) is 0. The van der Waals surface area contributed by atoms with E-state index in [1.807, 2.05) is 6.08 Å². The fourth-order valence-electron chi connectivity index (χ4n) is 10.0. The van der Waals surface area contributed by atoms with Gasteiger partial charge in [0.1, 0.15) is 13.2 Å². The second-order valence-electron chi connectivity index (χ2n) is 23.4. The van der Waals surface area contributed by atoms with Crippen molar-refractivity contribution in [1.29, 1.82) is 0 Å². The van der Waals surface area contributed by atoms with Crippen LogP contribution in [0.15, 0.2) is 109 Å². The summed E-state index contributed by atoms with van der Waals surface area (Å²) in [7, 11) is 0. The molecule has 1 atom stereocenters. The minimum absolute atomic E-state index is 0.105. The first-order chi connectivity index (χ1) is 41.0. The number of unbranched alkanes of at least 4 members (excludes halogenated alkanes) is 35. The normalized spacial score (nSPS) is 12.8. The fraction of sp³-hybridized carbons (Fsp3) is 0.727. The average Bonchev–Trinajstić information content (AvgIpc) is 3.49. The van der Waals surface area contributed by atoms with E-state index >= 15 is 0 Å². The molecule has 0 aliphatic heterocycles. The summed E-state index contributed by atoms with van der Waals surface area (Å²) < 4.78 is 16.9. The van der Waals surface area contributed by atoms with Crippen LogP contribution in [0.25, 0.3) is 0 Å². The number of carbonyl (C=O) groups is 3. The third-order valence-corrected chi connectivity index (χ3v) is 15.3. The van der Waals surface area contributed by atoms with Crippen LogP contribution in [-0.2, 0) is 28.6 Å². The van der Waals surface area contributed by atoms with Crippen molar-refractivity contribution >= 4 is 17.9 Å². The van der Waals surface area contributed by atoms with Crippen molar-refractivity contribution in [3.8, 4) is 0 Å². The Kier molecular flexibility index (Phi) is 67.2. The average molecular weight is 1150 g/mol. The van der Waals surface area contributed by atoms with Crippen LogP contribution in [0, 0.1) is 0 Å². The molecule has 0 aliphatic rings. The summed E-state index contributed by atoms with van der Waals surface area (Å²) >= 11 is 0. The predicted octanol–water partition coefficient (Wildman–Crippen LogP) is 24.6. The number of ether oxygens (including phenoxy) is 3. The molecule has 0 rings (SSSR count). The van der Waals surface area contributed by atoms with Crippen LogP contribution in [0.5, 0.6) is 0 Å². The largest absolute Gasteiger partial charge is 0.462 e. The Hall–Kier alpha value is -3.93. The minimum atomic E-state index is -0.819. The van der Waals surface area contributed by atoms with Crippen molar-refractivity contribution in [2.45, 2.75) is 348 Å². The molecule has 0 fully saturated rings. The van der Waals surface area contributed by atoms with Gasteiger partial charge in [-0.2, -0.15) is 0 Å². The molecule has 6 nitrogen and oxygen atoms in total. The summed E-state index contributed by atoms with van der Waals surface area (Å²) in [4.78, 5) is 38.4. The van der Waals surface area contributed by atoms with Gasteiger partial charge in [-0.1, -0.05) is 336 Å². The Morgan fingerprint density at radius 1 is 0.253 bits per heavy atom. The third kappa shape index (κ3) is 68.7. The molecule has 0 aromatic carbocycles. The van der Waals surface area contributed by atoms with Crippen molar-refractivity contribution < 1.29 is 28.6 Å². The van der Waals surface area contributed by atoms with Crippen LogP contribution < -0.4 is 0 Å². The lowest BCUT2D eigenvalue weighted by Gasteiger charge is -2.18. The zero-order valence-electron chi connectivity index (χ0n) is 54.7. The first kappa shape index (κ1) is 79.1. The fourth-order valence-corrected chi connectivity index (χ4v) is 10.0. The smallest absolute Gasteiger partial charge is 0.306 e. The number of esters is 3. The molecule has 0 heterocycles. The molecule has 0 aromatic heterocycles. The number of carbonyl (C=O) groups excluding carboxylic acids is 3. The zero-order chi connectivity index (χ0) is 59.9. The van der Waals surface area contributed by atoms with E-state index < -0.39 is 6.10 Å². The van der Waals surface area contributed by atoms with E-state index in [1.165, 1.54) is 193 Å². The molecule has 0 spiro atoms. The minimum Gasteiger partial charge on any atom is -0.462 e. The van der Waals surface area contributed by atoms with Gasteiger partial charge in [-0.3, -0.25) is 14.4 Å². The van der Waals surface area contributed by atoms with Gasteiger partial charge in [-0.15, -0.1) is 0 Å². The van der Waals surface area contributed by atoms with Crippen molar-refractivity contribution in [3.63, 3.8) is 0 Å². The maximum absolute atomic E-state index is 13.0. The van der Waals surface area contributed by atoms with E-state index in [2.05, 4.69) is 124 Å². The van der Waals surface area contributed by atoms with Crippen molar-refractivity contribution in [1.82, 2.24) is 0 Å². The quantitative estimate of drug-likeness (QED) is 0.0261. The van der Waals surface area contributed by atoms with Gasteiger partial charge in [0.15, 0.2) is 6.10 Å². The Bertz CT molecular complexity index is 1660. The van der Waals surface area contributed by atoms with E-state index in [0.29, 0.717) is 19.3 Å². The summed E-state index contributed by atoms with van der Waals surface area (Å²) in [6.45, 7) is 6.48. The summed E-state index contributed by atoms with van der Waals surface area (Å²) in [6, 6.07) is 0. The Morgan fingerprint density at radius 3 is 0.807 bits per heavy atom. The maximum atomic E-state index is 13.0. The molecule has 0 radical (unpaired) electrons. The van der Waals surface area contributed by atoms with Gasteiger partial charge < -0.3 is 14.2 Å². The number of allylic oxidation sites excluding steroid dienone is 18. The SMILES string of the molecule is CC/C=C\C/C=C\C/C=C\C/C=C\C/C=C\C/C=C\CCC(=O)OCC(COC(=O)CCCCCCCCCCCCCCCCCCCCCCCCCCC)OC(=O)CCCCCCCC/C=C\C/C=C\C/C=C\CCCCCCC. The van der Waals surface area contributed by atoms with E-state index in [1.54, 1.807) is 0 Å². The van der Waals surface area contributed by atoms with E-state index in [9.17, 15) is 14.4 Å². The van der Waals surface area contributed by atoms with Gasteiger partial charge in [0.25, 0.3) is 0 Å². The molecule has 0 N–H and O–H groups in total. The summed E-state index contributed by atoms with van der Waals surface area (Å²) in [5.41, 5.74) is 0. The topological polar surface area (TPSA) is 78.9 Å². The summed E-state index contributed by atoms with van der Waals surface area (Å²) in [5, 5.41) is 0. The highest BCUT2D eigenvalue weighted by Crippen LogP contribution is 2.17. The van der Waals surface area contributed by atoms with Crippen LogP contribution in [0.4, 0.5) is 0 Å². The molecule has 6 heteroatoms. The molecule has 83 heavy (non-hydrogen) atoms. The molecule has 0 saturated heterocycles. The highest BCUT2D eigenvalue weighted by atomic mass is 16.6. The second kappa shape index (κ2) is 70.6. The number of rotatable bonds is 64. The molecule has 1 unspecified atom stereocenters. The maximum Gasteiger partial charge on any atom is 0.306 e. The first-order valence-corrected chi connectivity index (χ1v) is 35.4. The molecular formula is C77H132O6. The Balaban J connectivity index is 4.44. The lowest BCUT2D eigenvalue weighted by molar-refractivity contribution is -0.166. The van der Waals surface area contributed by atoms with Gasteiger partial charge in [0, 0.05) is 19.3 Å². The highest BCUT2D eigenvalue weighted by molar-refractivity contribution is 5.71. The molecular weight excluding hydrogens is 1020 g/mol.